The molecule has 1 aliphatic heterocycles. The van der Waals surface area contributed by atoms with Gasteiger partial charge in [-0.25, -0.2) is 10.2 Å². The van der Waals surface area contributed by atoms with E-state index in [-0.39, 0.29) is 18.0 Å². The molecule has 10 heteroatoms. The van der Waals surface area contributed by atoms with Crippen LogP contribution >= 0.6 is 0 Å². The standard InChI is InChI=1S/C21H23N5O5/c1-31-19-8-2-16(3-9-19)22-21(28)24-23-20(27)14-15-10-12-25(13-11-15)17-4-6-18(7-5-17)26(29)30/h2-10H,11-14H2,1H3,(H,23,27)(H2,22,24,28). The predicted octanol–water partition coefficient (Wildman–Crippen LogP) is 2.98. The van der Waals surface area contributed by atoms with Gasteiger partial charge in [-0.15, -0.1) is 0 Å². The maximum Gasteiger partial charge on any atom is 0.337 e. The molecule has 31 heavy (non-hydrogen) atoms. The Morgan fingerprint density at radius 3 is 2.39 bits per heavy atom. The van der Waals surface area contributed by atoms with Crippen LogP contribution < -0.4 is 25.8 Å². The molecule has 0 aliphatic carbocycles. The molecule has 0 radical (unpaired) electrons. The van der Waals surface area contributed by atoms with E-state index < -0.39 is 11.0 Å². The number of nitrogens with one attached hydrogen (secondary N) is 3. The topological polar surface area (TPSA) is 126 Å². The lowest BCUT2D eigenvalue weighted by molar-refractivity contribution is -0.384. The summed E-state index contributed by atoms with van der Waals surface area (Å²) in [6.07, 6.45) is 2.82. The van der Waals surface area contributed by atoms with Crippen molar-refractivity contribution in [3.8, 4) is 5.75 Å². The second-order valence-corrected chi connectivity index (χ2v) is 6.86. The Kier molecular flexibility index (Phi) is 7.05. The Labute approximate surface area is 179 Å². The van der Waals surface area contributed by atoms with Crippen molar-refractivity contribution in [2.45, 2.75) is 12.8 Å². The van der Waals surface area contributed by atoms with Crippen molar-refractivity contribution in [1.82, 2.24) is 10.9 Å². The molecule has 2 aromatic rings. The summed E-state index contributed by atoms with van der Waals surface area (Å²) in [5.74, 6) is 0.354. The van der Waals surface area contributed by atoms with Crippen LogP contribution in [0.25, 0.3) is 0 Å². The summed E-state index contributed by atoms with van der Waals surface area (Å²) in [5.41, 5.74) is 7.19. The van der Waals surface area contributed by atoms with Gasteiger partial charge in [-0.2, -0.15) is 0 Å². The SMILES string of the molecule is COc1ccc(NC(=O)NNC(=O)CC2=CCN(c3ccc([N+](=O)[O-])cc3)CC2)cc1. The number of nitrogens with zero attached hydrogens (tertiary/aromatic N) is 2. The van der Waals surface area contributed by atoms with Crippen molar-refractivity contribution in [3.63, 3.8) is 0 Å². The van der Waals surface area contributed by atoms with E-state index in [1.807, 2.05) is 6.08 Å². The molecule has 3 rings (SSSR count). The van der Waals surface area contributed by atoms with Crippen LogP contribution in [-0.4, -0.2) is 37.1 Å². The number of rotatable bonds is 6. The van der Waals surface area contributed by atoms with Crippen LogP contribution in [0.4, 0.5) is 21.9 Å². The van der Waals surface area contributed by atoms with Gasteiger partial charge < -0.3 is 15.0 Å². The largest absolute Gasteiger partial charge is 0.497 e. The molecule has 10 nitrogen and oxygen atoms in total. The average molecular weight is 425 g/mol. The summed E-state index contributed by atoms with van der Waals surface area (Å²) in [5, 5.41) is 13.4. The third-order valence-electron chi connectivity index (χ3n) is 4.78. The van der Waals surface area contributed by atoms with E-state index in [4.69, 9.17) is 4.74 Å². The zero-order chi connectivity index (χ0) is 22.2. The number of non-ortho nitro benzene ring substituents is 1. The summed E-state index contributed by atoms with van der Waals surface area (Å²) in [7, 11) is 1.56. The highest BCUT2D eigenvalue weighted by Crippen LogP contribution is 2.23. The number of methoxy groups -OCH3 is 1. The van der Waals surface area contributed by atoms with Gasteiger partial charge in [0.15, 0.2) is 0 Å². The molecule has 0 atom stereocenters. The third-order valence-corrected chi connectivity index (χ3v) is 4.78. The number of nitro benzene ring substituents is 1. The molecule has 162 valence electrons. The highest BCUT2D eigenvalue weighted by molar-refractivity contribution is 5.91. The van der Waals surface area contributed by atoms with Gasteiger partial charge in [-0.05, 0) is 42.8 Å². The van der Waals surface area contributed by atoms with Gasteiger partial charge in [0.2, 0.25) is 5.91 Å². The smallest absolute Gasteiger partial charge is 0.337 e. The molecule has 3 amide bonds. The van der Waals surface area contributed by atoms with E-state index in [0.717, 1.165) is 11.3 Å². The monoisotopic (exact) mass is 425 g/mol. The first-order chi connectivity index (χ1) is 14.9. The fourth-order valence-corrected chi connectivity index (χ4v) is 3.11. The van der Waals surface area contributed by atoms with Crippen LogP contribution in [0.3, 0.4) is 0 Å². The molecular formula is C21H23N5O5. The van der Waals surface area contributed by atoms with E-state index in [0.29, 0.717) is 30.9 Å². The van der Waals surface area contributed by atoms with Crippen LogP contribution in [-0.2, 0) is 4.79 Å². The van der Waals surface area contributed by atoms with Gasteiger partial charge in [0, 0.05) is 43.0 Å². The Morgan fingerprint density at radius 2 is 1.81 bits per heavy atom. The number of anilines is 2. The highest BCUT2D eigenvalue weighted by Gasteiger charge is 2.16. The molecule has 0 unspecified atom stereocenters. The zero-order valence-electron chi connectivity index (χ0n) is 17.0. The van der Waals surface area contributed by atoms with Crippen molar-refractivity contribution >= 4 is 29.0 Å². The first-order valence-electron chi connectivity index (χ1n) is 9.62. The summed E-state index contributed by atoms with van der Waals surface area (Å²) in [6, 6.07) is 12.6. The maximum atomic E-state index is 12.1. The lowest BCUT2D eigenvalue weighted by Crippen LogP contribution is -2.44. The molecular weight excluding hydrogens is 402 g/mol. The number of hydrogen-bond acceptors (Lipinski definition) is 6. The van der Waals surface area contributed by atoms with Crippen molar-refractivity contribution in [3.05, 3.63) is 70.3 Å². The molecule has 1 aliphatic rings. The number of carbonyl (C=O) groups is 2. The van der Waals surface area contributed by atoms with Gasteiger partial charge in [-0.3, -0.25) is 20.3 Å². The van der Waals surface area contributed by atoms with E-state index in [1.165, 1.54) is 12.1 Å². The van der Waals surface area contributed by atoms with Crippen molar-refractivity contribution in [2.75, 3.05) is 30.4 Å². The normalized spacial score (nSPS) is 13.1. The first kappa shape index (κ1) is 21.6. The van der Waals surface area contributed by atoms with Crippen LogP contribution in [0.5, 0.6) is 5.75 Å². The van der Waals surface area contributed by atoms with E-state index in [9.17, 15) is 19.7 Å². The predicted molar refractivity (Wildman–Crippen MR) is 116 cm³/mol. The molecule has 0 fully saturated rings. The van der Waals surface area contributed by atoms with Crippen molar-refractivity contribution in [1.29, 1.82) is 0 Å². The van der Waals surface area contributed by atoms with E-state index in [2.05, 4.69) is 21.1 Å². The lowest BCUT2D eigenvalue weighted by atomic mass is 10.0. The highest BCUT2D eigenvalue weighted by atomic mass is 16.6. The molecule has 0 spiro atoms. The second kappa shape index (κ2) is 10.1. The third kappa shape index (κ3) is 6.20. The molecule has 0 bridgehead atoms. The van der Waals surface area contributed by atoms with Gasteiger partial charge >= 0.3 is 6.03 Å². The fourth-order valence-electron chi connectivity index (χ4n) is 3.11. The Balaban J connectivity index is 1.42. The number of hydrazine groups is 1. The van der Waals surface area contributed by atoms with Gasteiger partial charge in [0.1, 0.15) is 5.75 Å². The van der Waals surface area contributed by atoms with Crippen LogP contribution in [0, 0.1) is 10.1 Å². The zero-order valence-corrected chi connectivity index (χ0v) is 17.0. The van der Waals surface area contributed by atoms with E-state index in [1.54, 1.807) is 43.5 Å². The Hall–Kier alpha value is -4.08. The number of urea groups is 1. The minimum Gasteiger partial charge on any atom is -0.497 e. The van der Waals surface area contributed by atoms with Crippen LogP contribution in [0.15, 0.2) is 60.2 Å². The maximum absolute atomic E-state index is 12.1. The molecule has 1 heterocycles. The Morgan fingerprint density at radius 1 is 1.10 bits per heavy atom. The number of amides is 3. The van der Waals surface area contributed by atoms with Crippen molar-refractivity contribution in [2.24, 2.45) is 0 Å². The van der Waals surface area contributed by atoms with Crippen LogP contribution in [0.2, 0.25) is 0 Å². The minimum absolute atomic E-state index is 0.0530. The van der Waals surface area contributed by atoms with Gasteiger partial charge in [0.05, 0.1) is 12.0 Å². The molecule has 3 N–H and O–H groups in total. The fraction of sp³-hybridized carbons (Fsp3) is 0.238. The lowest BCUT2D eigenvalue weighted by Gasteiger charge is -2.28. The number of nitro groups is 1. The number of hydrogen-bond donors (Lipinski definition) is 3. The van der Waals surface area contributed by atoms with E-state index >= 15 is 0 Å². The molecule has 0 aromatic heterocycles. The Bertz CT molecular complexity index is 973. The summed E-state index contributed by atoms with van der Waals surface area (Å²) in [6.45, 7) is 1.30. The van der Waals surface area contributed by atoms with Gasteiger partial charge in [-0.1, -0.05) is 11.6 Å². The van der Waals surface area contributed by atoms with Crippen molar-refractivity contribution < 1.29 is 19.2 Å². The summed E-state index contributed by atoms with van der Waals surface area (Å²) >= 11 is 0. The quantitative estimate of drug-likeness (QED) is 0.371. The number of benzene rings is 2. The molecule has 0 saturated heterocycles. The molecule has 0 saturated carbocycles. The second-order valence-electron chi connectivity index (χ2n) is 6.86. The average Bonchev–Trinajstić information content (AvgIpc) is 2.79. The first-order valence-corrected chi connectivity index (χ1v) is 9.62. The molecule has 2 aromatic carbocycles. The minimum atomic E-state index is -0.555. The van der Waals surface area contributed by atoms with Gasteiger partial charge in [0.25, 0.3) is 5.69 Å². The van der Waals surface area contributed by atoms with Crippen LogP contribution in [0.1, 0.15) is 12.8 Å². The summed E-state index contributed by atoms with van der Waals surface area (Å²) < 4.78 is 5.05. The summed E-state index contributed by atoms with van der Waals surface area (Å²) in [4.78, 5) is 36.4. The number of ether oxygens (including phenoxy) is 1. The number of carbonyl (C=O) groups excluding carboxylic acids is 2.